The van der Waals surface area contributed by atoms with Crippen LogP contribution in [0.3, 0.4) is 0 Å². The van der Waals surface area contributed by atoms with E-state index in [1.54, 1.807) is 34.4 Å². The summed E-state index contributed by atoms with van der Waals surface area (Å²) >= 11 is 0. The van der Waals surface area contributed by atoms with Crippen LogP contribution in [-0.2, 0) is 5.60 Å². The van der Waals surface area contributed by atoms with Gasteiger partial charge in [-0.15, -0.1) is 0 Å². The van der Waals surface area contributed by atoms with Crippen molar-refractivity contribution in [2.75, 3.05) is 21.3 Å². The highest BCUT2D eigenvalue weighted by atomic mass is 16.5. The van der Waals surface area contributed by atoms with E-state index in [1.165, 1.54) is 0 Å². The Kier molecular flexibility index (Phi) is 3.37. The van der Waals surface area contributed by atoms with Gasteiger partial charge in [0.15, 0.2) is 11.5 Å². The maximum absolute atomic E-state index is 11.4. The third-order valence-corrected chi connectivity index (χ3v) is 4.89. The molecule has 0 spiro atoms. The maximum Gasteiger partial charge on any atom is 0.167 e. The molecule has 1 aliphatic carbocycles. The zero-order chi connectivity index (χ0) is 17.8. The Hall–Kier alpha value is -2.79. The van der Waals surface area contributed by atoms with E-state index < -0.39 is 5.60 Å². The van der Waals surface area contributed by atoms with Gasteiger partial charge in [0, 0.05) is 22.5 Å². The van der Waals surface area contributed by atoms with Crippen LogP contribution < -0.4 is 14.2 Å². The summed E-state index contributed by atoms with van der Waals surface area (Å²) in [6.45, 7) is 1.73. The van der Waals surface area contributed by atoms with Crippen molar-refractivity contribution in [1.82, 2.24) is 4.98 Å². The lowest BCUT2D eigenvalue weighted by atomic mass is 9.76. The molecule has 5 nitrogen and oxygen atoms in total. The molecule has 3 aromatic rings. The lowest BCUT2D eigenvalue weighted by molar-refractivity contribution is 0.0952. The predicted octanol–water partition coefficient (Wildman–Crippen LogP) is 3.50. The standard InChI is InChI=1S/C20H19NO4/c1-20(22)17-12(6-8-15(24-3)18(17)25-4)11-5-7-14(23-2)13-9-10-21-19(20)16(11)13/h5-10,22H,1-4H3/t20-/m0/s1. The van der Waals surface area contributed by atoms with Gasteiger partial charge < -0.3 is 19.3 Å². The van der Waals surface area contributed by atoms with Gasteiger partial charge in [-0.1, -0.05) is 0 Å². The van der Waals surface area contributed by atoms with E-state index in [0.717, 1.165) is 27.6 Å². The minimum absolute atomic E-state index is 0.519. The molecule has 0 unspecified atom stereocenters. The van der Waals surface area contributed by atoms with Gasteiger partial charge in [0.05, 0.1) is 27.0 Å². The average molecular weight is 337 g/mol. The molecule has 1 N–H and O–H groups in total. The highest BCUT2D eigenvalue weighted by Crippen LogP contribution is 2.53. The van der Waals surface area contributed by atoms with E-state index in [4.69, 9.17) is 14.2 Å². The first-order chi connectivity index (χ1) is 12.0. The number of hydrogen-bond donors (Lipinski definition) is 1. The average Bonchev–Trinajstić information content (AvgIpc) is 2.64. The van der Waals surface area contributed by atoms with Crippen molar-refractivity contribution in [3.63, 3.8) is 0 Å². The van der Waals surface area contributed by atoms with Crippen LogP contribution in [0.4, 0.5) is 0 Å². The van der Waals surface area contributed by atoms with Crippen LogP contribution in [0.1, 0.15) is 18.2 Å². The molecule has 128 valence electrons. The van der Waals surface area contributed by atoms with E-state index in [1.807, 2.05) is 30.3 Å². The summed E-state index contributed by atoms with van der Waals surface area (Å²) in [4.78, 5) is 4.49. The Morgan fingerprint density at radius 2 is 1.56 bits per heavy atom. The van der Waals surface area contributed by atoms with Gasteiger partial charge in [-0.05, 0) is 48.4 Å². The van der Waals surface area contributed by atoms with Crippen molar-refractivity contribution < 1.29 is 19.3 Å². The number of fused-ring (bicyclic) bond motifs is 2. The second kappa shape index (κ2) is 5.36. The first-order valence-electron chi connectivity index (χ1n) is 7.99. The Morgan fingerprint density at radius 1 is 0.880 bits per heavy atom. The van der Waals surface area contributed by atoms with Crippen LogP contribution in [0.15, 0.2) is 36.5 Å². The van der Waals surface area contributed by atoms with Crippen LogP contribution >= 0.6 is 0 Å². The first-order valence-corrected chi connectivity index (χ1v) is 7.99. The predicted molar refractivity (Wildman–Crippen MR) is 95.5 cm³/mol. The quantitative estimate of drug-likeness (QED) is 0.793. The van der Waals surface area contributed by atoms with Crippen molar-refractivity contribution in [3.05, 3.63) is 47.8 Å². The second-order valence-corrected chi connectivity index (χ2v) is 6.19. The van der Waals surface area contributed by atoms with E-state index in [9.17, 15) is 5.11 Å². The zero-order valence-corrected chi connectivity index (χ0v) is 14.6. The molecular weight excluding hydrogens is 318 g/mol. The number of aliphatic hydroxyl groups is 1. The van der Waals surface area contributed by atoms with E-state index in [0.29, 0.717) is 22.8 Å². The number of aromatic nitrogens is 1. The van der Waals surface area contributed by atoms with Crippen LogP contribution in [0.5, 0.6) is 17.2 Å². The van der Waals surface area contributed by atoms with Gasteiger partial charge in [0.2, 0.25) is 0 Å². The Bertz CT molecular complexity index is 995. The summed E-state index contributed by atoms with van der Waals surface area (Å²) in [5, 5.41) is 13.3. The molecule has 1 atom stereocenters. The third-order valence-electron chi connectivity index (χ3n) is 4.89. The SMILES string of the molecule is COc1ccc2c(c1OC)[C@](C)(O)c1nccc3c(OC)ccc-2c13. The topological polar surface area (TPSA) is 60.8 Å². The minimum Gasteiger partial charge on any atom is -0.496 e. The molecule has 5 heteroatoms. The Morgan fingerprint density at radius 3 is 2.24 bits per heavy atom. The van der Waals surface area contributed by atoms with E-state index >= 15 is 0 Å². The summed E-state index contributed by atoms with van der Waals surface area (Å²) in [5.41, 5.74) is 1.80. The molecule has 0 bridgehead atoms. The summed E-state index contributed by atoms with van der Waals surface area (Å²) in [5.74, 6) is 1.85. The summed E-state index contributed by atoms with van der Waals surface area (Å²) < 4.78 is 16.5. The molecule has 4 rings (SSSR count). The molecule has 0 aliphatic heterocycles. The van der Waals surface area contributed by atoms with Gasteiger partial charge in [-0.2, -0.15) is 0 Å². The highest BCUT2D eigenvalue weighted by Gasteiger charge is 2.40. The largest absolute Gasteiger partial charge is 0.496 e. The van der Waals surface area contributed by atoms with Gasteiger partial charge >= 0.3 is 0 Å². The fourth-order valence-electron chi connectivity index (χ4n) is 3.80. The van der Waals surface area contributed by atoms with Gasteiger partial charge in [-0.25, -0.2) is 0 Å². The highest BCUT2D eigenvalue weighted by molar-refractivity contribution is 6.05. The molecule has 25 heavy (non-hydrogen) atoms. The van der Waals surface area contributed by atoms with Crippen LogP contribution in [0, 0.1) is 0 Å². The number of methoxy groups -OCH3 is 3. The third kappa shape index (κ3) is 1.96. The molecule has 0 saturated carbocycles. The number of ether oxygens (including phenoxy) is 3. The molecule has 0 radical (unpaired) electrons. The van der Waals surface area contributed by atoms with Crippen molar-refractivity contribution in [2.24, 2.45) is 0 Å². The van der Waals surface area contributed by atoms with Gasteiger partial charge in [0.25, 0.3) is 0 Å². The fourth-order valence-corrected chi connectivity index (χ4v) is 3.80. The van der Waals surface area contributed by atoms with E-state index in [-0.39, 0.29) is 0 Å². The smallest absolute Gasteiger partial charge is 0.167 e. The number of nitrogens with zero attached hydrogens (tertiary/aromatic N) is 1. The lowest BCUT2D eigenvalue weighted by Gasteiger charge is -2.34. The second-order valence-electron chi connectivity index (χ2n) is 6.19. The zero-order valence-electron chi connectivity index (χ0n) is 14.6. The number of pyridine rings is 1. The molecule has 0 fully saturated rings. The van der Waals surface area contributed by atoms with Gasteiger partial charge in [0.1, 0.15) is 11.4 Å². The molecule has 0 amide bonds. The number of hydrogen-bond acceptors (Lipinski definition) is 5. The first kappa shape index (κ1) is 15.7. The van der Waals surface area contributed by atoms with Crippen molar-refractivity contribution >= 4 is 10.8 Å². The molecule has 1 heterocycles. The van der Waals surface area contributed by atoms with Crippen molar-refractivity contribution in [1.29, 1.82) is 0 Å². The van der Waals surface area contributed by atoms with Crippen LogP contribution in [-0.4, -0.2) is 31.4 Å². The summed E-state index contributed by atoms with van der Waals surface area (Å²) in [6, 6.07) is 9.63. The minimum atomic E-state index is -1.33. The van der Waals surface area contributed by atoms with Crippen molar-refractivity contribution in [3.8, 4) is 28.4 Å². The number of rotatable bonds is 3. The van der Waals surface area contributed by atoms with Crippen LogP contribution in [0.2, 0.25) is 0 Å². The molecular formula is C20H19NO4. The molecule has 1 aliphatic rings. The summed E-state index contributed by atoms with van der Waals surface area (Å²) in [6.07, 6.45) is 1.69. The normalized spacial score (nSPS) is 18.0. The Balaban J connectivity index is 2.20. The van der Waals surface area contributed by atoms with Gasteiger partial charge in [-0.3, -0.25) is 4.98 Å². The summed E-state index contributed by atoms with van der Waals surface area (Å²) in [7, 11) is 4.80. The fraction of sp³-hybridized carbons (Fsp3) is 0.250. The lowest BCUT2D eigenvalue weighted by Crippen LogP contribution is -2.29. The van der Waals surface area contributed by atoms with Crippen molar-refractivity contribution in [2.45, 2.75) is 12.5 Å². The Labute approximate surface area is 145 Å². The van der Waals surface area contributed by atoms with E-state index in [2.05, 4.69) is 4.98 Å². The maximum atomic E-state index is 11.4. The van der Waals surface area contributed by atoms with Crippen LogP contribution in [0.25, 0.3) is 21.9 Å². The molecule has 0 saturated heterocycles. The molecule has 1 aromatic heterocycles. The molecule has 2 aromatic carbocycles. The monoisotopic (exact) mass is 337 g/mol. The number of benzene rings is 2.